The summed E-state index contributed by atoms with van der Waals surface area (Å²) in [5, 5.41) is 0.727. The number of rotatable bonds is 1. The molecule has 0 amide bonds. The second-order valence-corrected chi connectivity index (χ2v) is 5.05. The Labute approximate surface area is 110 Å². The van der Waals surface area contributed by atoms with Crippen molar-refractivity contribution >= 4 is 43.5 Å². The molecule has 1 aromatic carbocycles. The molecule has 76 valence electrons. The third-order valence-electron chi connectivity index (χ3n) is 1.96. The molecule has 0 N–H and O–H groups in total. The highest BCUT2D eigenvalue weighted by Crippen LogP contribution is 2.32. The molecule has 0 saturated heterocycles. The molecule has 0 aliphatic rings. The Bertz CT molecular complexity index is 482. The van der Waals surface area contributed by atoms with Crippen LogP contribution < -0.4 is 0 Å². The van der Waals surface area contributed by atoms with Gasteiger partial charge in [0.25, 0.3) is 0 Å². The number of nitrogens with zero attached hydrogens (tertiary/aromatic N) is 1. The Morgan fingerprint density at radius 1 is 1.00 bits per heavy atom. The van der Waals surface area contributed by atoms with Crippen LogP contribution in [0.3, 0.4) is 0 Å². The van der Waals surface area contributed by atoms with Crippen LogP contribution in [0.5, 0.6) is 0 Å². The lowest BCUT2D eigenvalue weighted by Gasteiger charge is -2.04. The van der Waals surface area contributed by atoms with Crippen LogP contribution in [-0.4, -0.2) is 4.98 Å². The standard InChI is InChI=1S/C11H6Br2ClN/c12-9-5-6-15-11(10(9)13)7-1-3-8(14)4-2-7/h1-6H. The number of halogens is 3. The summed E-state index contributed by atoms with van der Waals surface area (Å²) in [6, 6.07) is 9.49. The first-order valence-corrected chi connectivity index (χ1v) is 6.21. The lowest BCUT2D eigenvalue weighted by atomic mass is 10.1. The molecule has 0 bridgehead atoms. The molecule has 2 aromatic rings. The minimum Gasteiger partial charge on any atom is -0.255 e. The van der Waals surface area contributed by atoms with Crippen molar-refractivity contribution in [3.63, 3.8) is 0 Å². The summed E-state index contributed by atoms with van der Waals surface area (Å²) in [7, 11) is 0. The molecule has 0 aliphatic heterocycles. The molecule has 0 unspecified atom stereocenters. The van der Waals surface area contributed by atoms with Gasteiger partial charge in [0.05, 0.1) is 10.2 Å². The quantitative estimate of drug-likeness (QED) is 0.713. The number of pyridine rings is 1. The zero-order chi connectivity index (χ0) is 10.8. The predicted molar refractivity (Wildman–Crippen MR) is 70.1 cm³/mol. The third kappa shape index (κ3) is 2.41. The molecule has 1 heterocycles. The van der Waals surface area contributed by atoms with E-state index in [1.807, 2.05) is 30.3 Å². The molecule has 4 heteroatoms. The van der Waals surface area contributed by atoms with Gasteiger partial charge in [-0.05, 0) is 50.1 Å². The van der Waals surface area contributed by atoms with Gasteiger partial charge in [-0.2, -0.15) is 0 Å². The topological polar surface area (TPSA) is 12.9 Å². The van der Waals surface area contributed by atoms with Crippen molar-refractivity contribution in [2.24, 2.45) is 0 Å². The minimum absolute atomic E-state index is 0.727. The summed E-state index contributed by atoms with van der Waals surface area (Å²) in [5.41, 5.74) is 1.94. The van der Waals surface area contributed by atoms with Gasteiger partial charge in [0.15, 0.2) is 0 Å². The van der Waals surface area contributed by atoms with Crippen molar-refractivity contribution in [3.05, 3.63) is 50.5 Å². The summed E-state index contributed by atoms with van der Waals surface area (Å²) in [6.07, 6.45) is 1.76. The van der Waals surface area contributed by atoms with E-state index in [0.717, 1.165) is 25.2 Å². The first-order valence-electron chi connectivity index (χ1n) is 4.24. The summed E-state index contributed by atoms with van der Waals surface area (Å²) in [4.78, 5) is 4.32. The largest absolute Gasteiger partial charge is 0.255 e. The molecule has 0 saturated carbocycles. The van der Waals surface area contributed by atoms with E-state index >= 15 is 0 Å². The molecule has 15 heavy (non-hydrogen) atoms. The highest BCUT2D eigenvalue weighted by molar-refractivity contribution is 9.13. The Balaban J connectivity index is 2.54. The van der Waals surface area contributed by atoms with E-state index in [2.05, 4.69) is 36.8 Å². The molecular formula is C11H6Br2ClN. The van der Waals surface area contributed by atoms with Crippen LogP contribution in [0.4, 0.5) is 0 Å². The Morgan fingerprint density at radius 2 is 1.67 bits per heavy atom. The number of aromatic nitrogens is 1. The van der Waals surface area contributed by atoms with Gasteiger partial charge in [0.1, 0.15) is 0 Å². The normalized spacial score (nSPS) is 10.3. The molecule has 0 fully saturated rings. The summed E-state index contributed by atoms with van der Waals surface area (Å²) in [6.45, 7) is 0. The van der Waals surface area contributed by atoms with Gasteiger partial charge >= 0.3 is 0 Å². The highest BCUT2D eigenvalue weighted by Gasteiger charge is 2.06. The van der Waals surface area contributed by atoms with Crippen LogP contribution >= 0.6 is 43.5 Å². The Morgan fingerprint density at radius 3 is 2.33 bits per heavy atom. The zero-order valence-corrected chi connectivity index (χ0v) is 11.5. The SMILES string of the molecule is Clc1ccc(-c2nccc(Br)c2Br)cc1. The molecule has 0 atom stereocenters. The number of hydrogen-bond donors (Lipinski definition) is 0. The van der Waals surface area contributed by atoms with Crippen molar-refractivity contribution in [2.75, 3.05) is 0 Å². The van der Waals surface area contributed by atoms with Crippen LogP contribution in [0.2, 0.25) is 5.02 Å². The molecular weight excluding hydrogens is 341 g/mol. The fraction of sp³-hybridized carbons (Fsp3) is 0. The maximum Gasteiger partial charge on any atom is 0.0855 e. The molecule has 2 rings (SSSR count). The van der Waals surface area contributed by atoms with E-state index in [4.69, 9.17) is 11.6 Å². The first-order chi connectivity index (χ1) is 7.18. The van der Waals surface area contributed by atoms with Gasteiger partial charge in [0, 0.05) is 21.3 Å². The fourth-order valence-corrected chi connectivity index (χ4v) is 2.12. The van der Waals surface area contributed by atoms with E-state index in [9.17, 15) is 0 Å². The van der Waals surface area contributed by atoms with Crippen molar-refractivity contribution in [1.29, 1.82) is 0 Å². The van der Waals surface area contributed by atoms with Crippen LogP contribution in [0, 0.1) is 0 Å². The van der Waals surface area contributed by atoms with Gasteiger partial charge in [-0.1, -0.05) is 23.7 Å². The average Bonchev–Trinajstić information content (AvgIpc) is 2.24. The van der Waals surface area contributed by atoms with E-state index in [1.165, 1.54) is 0 Å². The number of benzene rings is 1. The first kappa shape index (κ1) is 11.1. The lowest BCUT2D eigenvalue weighted by Crippen LogP contribution is -1.85. The second kappa shape index (κ2) is 4.64. The predicted octanol–water partition coefficient (Wildman–Crippen LogP) is 4.93. The van der Waals surface area contributed by atoms with E-state index < -0.39 is 0 Å². The van der Waals surface area contributed by atoms with E-state index in [0.29, 0.717) is 0 Å². The highest BCUT2D eigenvalue weighted by atomic mass is 79.9. The van der Waals surface area contributed by atoms with Crippen LogP contribution in [-0.2, 0) is 0 Å². The van der Waals surface area contributed by atoms with Crippen molar-refractivity contribution in [3.8, 4) is 11.3 Å². The van der Waals surface area contributed by atoms with Gasteiger partial charge in [-0.15, -0.1) is 0 Å². The third-order valence-corrected chi connectivity index (χ3v) is 4.21. The molecule has 1 aromatic heterocycles. The van der Waals surface area contributed by atoms with Gasteiger partial charge in [-0.3, -0.25) is 4.98 Å². The van der Waals surface area contributed by atoms with E-state index in [-0.39, 0.29) is 0 Å². The fourth-order valence-electron chi connectivity index (χ4n) is 1.23. The molecule has 0 aliphatic carbocycles. The monoisotopic (exact) mass is 345 g/mol. The van der Waals surface area contributed by atoms with Crippen molar-refractivity contribution in [2.45, 2.75) is 0 Å². The Kier molecular flexibility index (Phi) is 3.44. The smallest absolute Gasteiger partial charge is 0.0855 e. The van der Waals surface area contributed by atoms with Crippen molar-refractivity contribution < 1.29 is 0 Å². The zero-order valence-electron chi connectivity index (χ0n) is 7.55. The van der Waals surface area contributed by atoms with Crippen LogP contribution in [0.15, 0.2) is 45.5 Å². The summed E-state index contributed by atoms with van der Waals surface area (Å²) < 4.78 is 1.94. The summed E-state index contributed by atoms with van der Waals surface area (Å²) in [5.74, 6) is 0. The Hall–Kier alpha value is -0.380. The maximum atomic E-state index is 5.83. The van der Waals surface area contributed by atoms with Crippen LogP contribution in [0.1, 0.15) is 0 Å². The summed E-state index contributed by atoms with van der Waals surface area (Å²) >= 11 is 12.8. The van der Waals surface area contributed by atoms with Crippen LogP contribution in [0.25, 0.3) is 11.3 Å². The lowest BCUT2D eigenvalue weighted by molar-refractivity contribution is 1.29. The maximum absolute atomic E-state index is 5.83. The van der Waals surface area contributed by atoms with Gasteiger partial charge < -0.3 is 0 Å². The average molecular weight is 347 g/mol. The molecule has 0 radical (unpaired) electrons. The van der Waals surface area contributed by atoms with Gasteiger partial charge in [-0.25, -0.2) is 0 Å². The van der Waals surface area contributed by atoms with Gasteiger partial charge in [0.2, 0.25) is 0 Å². The van der Waals surface area contributed by atoms with E-state index in [1.54, 1.807) is 6.20 Å². The molecule has 1 nitrogen and oxygen atoms in total. The second-order valence-electron chi connectivity index (χ2n) is 2.96. The molecule has 0 spiro atoms. The number of hydrogen-bond acceptors (Lipinski definition) is 1. The van der Waals surface area contributed by atoms with Crippen molar-refractivity contribution in [1.82, 2.24) is 4.98 Å². The minimum atomic E-state index is 0.727.